The topological polar surface area (TPSA) is 595 Å². The molecular formula is C63H109N19O15. The van der Waals surface area contributed by atoms with Gasteiger partial charge in [-0.05, 0) is 133 Å². The van der Waals surface area contributed by atoms with Gasteiger partial charge in [-0.25, -0.2) is 0 Å². The van der Waals surface area contributed by atoms with Crippen LogP contribution in [0.1, 0.15) is 156 Å². The van der Waals surface area contributed by atoms with Crippen LogP contribution in [0.2, 0.25) is 0 Å². The predicted octanol–water partition coefficient (Wildman–Crippen LogP) is -3.88. The number of aliphatic imine (C=N–C) groups is 1. The minimum Gasteiger partial charge on any atom is -0.508 e. The number of nitrogens with one attached hydrogen (secondary N) is 10. The van der Waals surface area contributed by atoms with E-state index < -0.39 is 150 Å². The summed E-state index contributed by atoms with van der Waals surface area (Å²) in [4.78, 5) is 171. The number of nitrogens with zero attached hydrogens (tertiary/aromatic N) is 2. The summed E-state index contributed by atoms with van der Waals surface area (Å²) < 4.78 is 0. The van der Waals surface area contributed by atoms with Crippen LogP contribution < -0.4 is 88.0 Å². The lowest BCUT2D eigenvalue weighted by atomic mass is 9.99. The first-order valence-corrected chi connectivity index (χ1v) is 33.2. The Balaban J connectivity index is 2.45. The van der Waals surface area contributed by atoms with Crippen LogP contribution in [0.25, 0.3) is 0 Å². The van der Waals surface area contributed by atoms with Gasteiger partial charge in [0.1, 0.15) is 66.2 Å². The monoisotopic (exact) mass is 1370 g/mol. The van der Waals surface area contributed by atoms with Gasteiger partial charge in [0.2, 0.25) is 65.0 Å². The summed E-state index contributed by atoms with van der Waals surface area (Å²) in [5.74, 6) is -12.4. The minimum absolute atomic E-state index is 0.0320. The zero-order chi connectivity index (χ0) is 73.1. The molecule has 2 rings (SSSR count). The van der Waals surface area contributed by atoms with Gasteiger partial charge in [0, 0.05) is 38.4 Å². The summed E-state index contributed by atoms with van der Waals surface area (Å²) >= 11 is 0. The van der Waals surface area contributed by atoms with Crippen LogP contribution in [0.5, 0.6) is 5.75 Å². The third-order valence-corrected chi connectivity index (χ3v) is 16.0. The maximum Gasteiger partial charge on any atom is 0.305 e. The third-order valence-electron chi connectivity index (χ3n) is 16.0. The number of nitrogens with two attached hydrogens (primary N) is 7. The molecule has 1 aromatic carbocycles. The fourth-order valence-electron chi connectivity index (χ4n) is 10.7. The number of aromatic hydroxyl groups is 1. The molecule has 1 aliphatic heterocycles. The number of aliphatic hydroxyl groups excluding tert-OH is 1. The highest BCUT2D eigenvalue weighted by molar-refractivity contribution is 6.00. The van der Waals surface area contributed by atoms with E-state index in [9.17, 15) is 72.9 Å². The van der Waals surface area contributed by atoms with Gasteiger partial charge in [-0.1, -0.05) is 59.6 Å². The standard InChI is InChI=1S/C63H109N19O15/c1-34(2)29-43(52(69)87)76-54(89)41(18-13-27-72-63(70)71)74-57(92)45(31-38-21-23-39(84)24-22-38)78-55(90)40(16-10-12-26-65)73-58(93)46(32-50(85)86)79-61(96)51(37(6)83)81-59(94)47(33-66)80-60(95)48-19-14-28-82(48)62(97)42(17-7-8-20-49(67)68)75-56(91)44(30-35(3)4)77-53(88)36(5)15-9-11-25-64/h21-24,34-37,40-48,51,83-84H,7-20,25-33,64-66H2,1-6H3,(H3,67,68)(H2,69,87)(H,73,93)(H,74,92)(H,75,91)(H,76,89)(H,77,88)(H,78,90)(H,79,96)(H,80,95)(H,81,94)(H,85,86)(H4,70,71,72)/t36-,37+,40-,41-,42-,43-,44-,45-,46-,47-,48-,51-/m0/s1. The number of aliphatic hydroxyl groups is 1. The first kappa shape index (κ1) is 84.3. The summed E-state index contributed by atoms with van der Waals surface area (Å²) in [5.41, 5.74) is 40.0. The number of hydrogen-bond donors (Lipinski definition) is 20. The number of guanidine groups is 1. The minimum atomic E-state index is -2.01. The van der Waals surface area contributed by atoms with Crippen LogP contribution in [0, 0.1) is 23.2 Å². The highest BCUT2D eigenvalue weighted by atomic mass is 16.4. The van der Waals surface area contributed by atoms with Gasteiger partial charge < -0.3 is 108 Å². The first-order chi connectivity index (χ1) is 45.7. The van der Waals surface area contributed by atoms with Gasteiger partial charge in [0.05, 0.1) is 18.4 Å². The highest BCUT2D eigenvalue weighted by Gasteiger charge is 2.41. The van der Waals surface area contributed by atoms with Crippen molar-refractivity contribution >= 4 is 82.7 Å². The molecule has 0 bridgehead atoms. The Morgan fingerprint density at radius 3 is 1.57 bits per heavy atom. The third kappa shape index (κ3) is 31.8. The molecule has 0 spiro atoms. The molecule has 0 radical (unpaired) electrons. The zero-order valence-electron chi connectivity index (χ0n) is 56.8. The maximum absolute atomic E-state index is 14.5. The summed E-state index contributed by atoms with van der Waals surface area (Å²) in [6.07, 6.45) is 1.01. The summed E-state index contributed by atoms with van der Waals surface area (Å²) in [6, 6.07) is -9.08. The normalized spacial score (nSPS) is 16.2. The molecule has 34 heteroatoms. The molecule has 0 aromatic heterocycles. The number of hydrogen-bond acceptors (Lipinski definition) is 19. The number of amides is 11. The van der Waals surface area contributed by atoms with Crippen LogP contribution in [0.15, 0.2) is 29.3 Å². The molecule has 1 saturated heterocycles. The highest BCUT2D eigenvalue weighted by Crippen LogP contribution is 2.22. The Labute approximate surface area is 566 Å². The number of unbranched alkanes of at least 4 members (excludes halogenated alkanes) is 3. The molecule has 34 nitrogen and oxygen atoms in total. The molecule has 0 unspecified atom stereocenters. The molecule has 1 fully saturated rings. The van der Waals surface area contributed by atoms with Gasteiger partial charge in [-0.2, -0.15) is 0 Å². The Morgan fingerprint density at radius 1 is 0.557 bits per heavy atom. The number of primary amides is 1. The van der Waals surface area contributed by atoms with Crippen molar-refractivity contribution in [2.75, 3.05) is 32.7 Å². The fraction of sp³-hybridized carbons (Fsp3) is 0.683. The number of likely N-dealkylation sites (tertiary alicyclic amines) is 1. The van der Waals surface area contributed by atoms with E-state index in [1.165, 1.54) is 29.2 Å². The number of carbonyl (C=O) groups excluding carboxylic acids is 11. The van der Waals surface area contributed by atoms with Crippen LogP contribution in [0.3, 0.4) is 0 Å². The number of phenolic OH excluding ortho intramolecular Hbond substituents is 1. The van der Waals surface area contributed by atoms with Crippen LogP contribution in [-0.2, 0) is 64.0 Å². The van der Waals surface area contributed by atoms with E-state index >= 15 is 0 Å². The van der Waals surface area contributed by atoms with E-state index in [4.69, 9.17) is 45.5 Å². The number of carboxylic acids is 1. The number of carboxylic acid groups (broad SMARTS) is 1. The average molecular weight is 1370 g/mol. The van der Waals surface area contributed by atoms with Crippen LogP contribution >= 0.6 is 0 Å². The zero-order valence-corrected chi connectivity index (χ0v) is 56.8. The number of benzene rings is 1. The predicted molar refractivity (Wildman–Crippen MR) is 360 cm³/mol. The van der Waals surface area contributed by atoms with Crippen molar-refractivity contribution in [1.29, 1.82) is 5.41 Å². The second-order valence-electron chi connectivity index (χ2n) is 25.5. The van der Waals surface area contributed by atoms with E-state index in [2.05, 4.69) is 52.8 Å². The SMILES string of the molecule is CC(C)C[C@H](NC(=O)[C@H](CCCN=C(N)N)NC(=O)[C@H](Cc1ccc(O)cc1)NC(=O)[C@H](CCCCN)NC(=O)[C@H](CC(=O)O)NC(=O)[C@@H](NC(=O)[C@H](CN)NC(=O)[C@@H]1CCCN1C(=O)[C@H](CCCCC(=N)N)NC(=O)[C@H](CC(C)C)NC(=O)[C@@H](C)CCCCN)[C@@H](C)O)C(N)=O. The van der Waals surface area contributed by atoms with Gasteiger partial charge in [-0.15, -0.1) is 0 Å². The molecule has 0 saturated carbocycles. The number of amidine groups is 1. The fourth-order valence-corrected chi connectivity index (χ4v) is 10.7. The molecule has 1 heterocycles. The van der Waals surface area contributed by atoms with Gasteiger partial charge >= 0.3 is 5.97 Å². The van der Waals surface area contributed by atoms with Crippen molar-refractivity contribution in [2.24, 2.45) is 62.9 Å². The van der Waals surface area contributed by atoms with E-state index in [-0.39, 0.29) is 119 Å². The molecule has 1 aromatic rings. The van der Waals surface area contributed by atoms with Crippen LogP contribution in [0.4, 0.5) is 0 Å². The number of carbonyl (C=O) groups is 12. The Hall–Kier alpha value is -8.76. The molecular weight excluding hydrogens is 1260 g/mol. The summed E-state index contributed by atoms with van der Waals surface area (Å²) in [6.45, 7) is 10.3. The largest absolute Gasteiger partial charge is 0.508 e. The van der Waals surface area contributed by atoms with Crippen molar-refractivity contribution in [3.05, 3.63) is 29.8 Å². The molecule has 546 valence electrons. The number of rotatable bonds is 47. The van der Waals surface area contributed by atoms with Gasteiger partial charge in [0.25, 0.3) is 0 Å². The smallest absolute Gasteiger partial charge is 0.305 e. The van der Waals surface area contributed by atoms with Gasteiger partial charge in [-0.3, -0.25) is 67.9 Å². The van der Waals surface area contributed by atoms with E-state index in [0.29, 0.717) is 50.6 Å². The molecule has 0 aliphatic carbocycles. The van der Waals surface area contributed by atoms with Crippen molar-refractivity contribution in [3.63, 3.8) is 0 Å². The van der Waals surface area contributed by atoms with Gasteiger partial charge in [0.15, 0.2) is 5.96 Å². The first-order valence-electron chi connectivity index (χ1n) is 33.2. The Bertz CT molecular complexity index is 2810. The van der Waals surface area contributed by atoms with Crippen molar-refractivity contribution in [2.45, 2.75) is 224 Å². The maximum atomic E-state index is 14.5. The Kier molecular flexibility index (Phi) is 38.4. The van der Waals surface area contributed by atoms with Crippen molar-refractivity contribution < 1.29 is 72.9 Å². The lowest BCUT2D eigenvalue weighted by molar-refractivity contribution is -0.143. The Morgan fingerprint density at radius 2 is 1.03 bits per heavy atom. The average Bonchev–Trinajstić information content (AvgIpc) is 1.75. The van der Waals surface area contributed by atoms with Crippen LogP contribution in [-0.4, -0.2) is 202 Å². The molecule has 97 heavy (non-hydrogen) atoms. The van der Waals surface area contributed by atoms with Crippen molar-refractivity contribution in [1.82, 2.24) is 52.8 Å². The lowest BCUT2D eigenvalue weighted by Crippen LogP contribution is -2.63. The van der Waals surface area contributed by atoms with E-state index in [1.54, 1.807) is 20.8 Å². The van der Waals surface area contributed by atoms with Crippen molar-refractivity contribution in [3.8, 4) is 5.75 Å². The summed E-state index contributed by atoms with van der Waals surface area (Å²) in [7, 11) is 0. The quantitative estimate of drug-likeness (QED) is 0.0169. The second kappa shape index (κ2) is 44.1. The lowest BCUT2D eigenvalue weighted by Gasteiger charge is -2.31. The summed E-state index contributed by atoms with van der Waals surface area (Å²) in [5, 5.41) is 61.5. The van der Waals surface area contributed by atoms with E-state index in [1.807, 2.05) is 13.8 Å². The number of phenols is 1. The molecule has 12 atom stereocenters. The molecule has 27 N–H and O–H groups in total. The molecule has 11 amide bonds. The second-order valence-corrected chi connectivity index (χ2v) is 25.5. The number of aliphatic carboxylic acids is 1. The molecule has 1 aliphatic rings. The van der Waals surface area contributed by atoms with E-state index in [0.717, 1.165) is 13.3 Å².